The number of urea groups is 1. The maximum Gasteiger partial charge on any atom is 0.323 e. The number of nitrogens with zero attached hydrogens (tertiary/aromatic N) is 2. The molecule has 0 atom stereocenters. The van der Waals surface area contributed by atoms with Crippen LogP contribution in [-0.4, -0.2) is 40.6 Å². The largest absolute Gasteiger partial charge is 0.480 e. The summed E-state index contributed by atoms with van der Waals surface area (Å²) in [5.74, 6) is -0.692. The molecule has 0 unspecified atom stereocenters. The van der Waals surface area contributed by atoms with Gasteiger partial charge in [0.2, 0.25) is 0 Å². The number of thiazole rings is 1. The Morgan fingerprint density at radius 2 is 2.22 bits per heavy atom. The van der Waals surface area contributed by atoms with E-state index >= 15 is 0 Å². The summed E-state index contributed by atoms with van der Waals surface area (Å²) in [6.07, 6.45) is 0. The third-order valence-corrected chi connectivity index (χ3v) is 3.39. The van der Waals surface area contributed by atoms with Crippen LogP contribution in [0.1, 0.15) is 30.5 Å². The monoisotopic (exact) mass is 271 g/mol. The highest BCUT2D eigenvalue weighted by Crippen LogP contribution is 2.19. The average molecular weight is 271 g/mol. The number of carbonyl (C=O) groups is 2. The topological polar surface area (TPSA) is 82.5 Å². The molecular formula is C11H17N3O3S. The number of carboxylic acid groups (broad SMARTS) is 1. The van der Waals surface area contributed by atoms with Gasteiger partial charge in [-0.25, -0.2) is 9.78 Å². The molecule has 100 valence electrons. The molecule has 0 aliphatic rings. The van der Waals surface area contributed by atoms with E-state index in [0.29, 0.717) is 12.5 Å². The average Bonchev–Trinajstić information content (AvgIpc) is 2.74. The number of aromatic nitrogens is 1. The second-order valence-corrected chi connectivity index (χ2v) is 5.13. The van der Waals surface area contributed by atoms with Crippen LogP contribution < -0.4 is 5.32 Å². The minimum Gasteiger partial charge on any atom is -0.480 e. The SMILES string of the molecule is CC(C)c1nc(CN(C)C(=O)NCC(=O)O)cs1. The highest BCUT2D eigenvalue weighted by atomic mass is 32.1. The van der Waals surface area contributed by atoms with Crippen LogP contribution >= 0.6 is 11.3 Å². The smallest absolute Gasteiger partial charge is 0.323 e. The van der Waals surface area contributed by atoms with Crippen LogP contribution in [0.4, 0.5) is 4.79 Å². The van der Waals surface area contributed by atoms with E-state index in [4.69, 9.17) is 5.11 Å². The Morgan fingerprint density at radius 3 is 2.72 bits per heavy atom. The first kappa shape index (κ1) is 14.4. The van der Waals surface area contributed by atoms with Crippen molar-refractivity contribution in [2.24, 2.45) is 0 Å². The number of hydrogen-bond donors (Lipinski definition) is 2. The zero-order valence-corrected chi connectivity index (χ0v) is 11.5. The molecule has 0 aliphatic carbocycles. The summed E-state index contributed by atoms with van der Waals surface area (Å²) in [7, 11) is 1.60. The molecule has 0 aromatic carbocycles. The molecule has 1 rings (SSSR count). The van der Waals surface area contributed by atoms with Gasteiger partial charge >= 0.3 is 12.0 Å². The summed E-state index contributed by atoms with van der Waals surface area (Å²) in [6, 6.07) is -0.420. The fourth-order valence-corrected chi connectivity index (χ4v) is 2.09. The highest BCUT2D eigenvalue weighted by Gasteiger charge is 2.12. The van der Waals surface area contributed by atoms with Crippen molar-refractivity contribution in [3.05, 3.63) is 16.1 Å². The van der Waals surface area contributed by atoms with E-state index in [2.05, 4.69) is 24.1 Å². The first-order valence-electron chi connectivity index (χ1n) is 5.55. The zero-order chi connectivity index (χ0) is 13.7. The molecule has 0 saturated carbocycles. The summed E-state index contributed by atoms with van der Waals surface area (Å²) < 4.78 is 0. The van der Waals surface area contributed by atoms with E-state index in [0.717, 1.165) is 10.7 Å². The first-order chi connectivity index (χ1) is 8.40. The predicted octanol–water partition coefficient (Wildman–Crippen LogP) is 1.49. The lowest BCUT2D eigenvalue weighted by Gasteiger charge is -2.15. The molecule has 0 bridgehead atoms. The van der Waals surface area contributed by atoms with Gasteiger partial charge in [-0.2, -0.15) is 0 Å². The van der Waals surface area contributed by atoms with Crippen LogP contribution in [0.3, 0.4) is 0 Å². The molecule has 18 heavy (non-hydrogen) atoms. The van der Waals surface area contributed by atoms with Gasteiger partial charge in [0.05, 0.1) is 17.2 Å². The lowest BCUT2D eigenvalue weighted by Crippen LogP contribution is -2.39. The number of hydrogen-bond acceptors (Lipinski definition) is 4. The molecule has 1 heterocycles. The Hall–Kier alpha value is -1.63. The molecular weight excluding hydrogens is 254 g/mol. The molecule has 1 aromatic heterocycles. The van der Waals surface area contributed by atoms with Gasteiger partial charge in [-0.15, -0.1) is 11.3 Å². The van der Waals surface area contributed by atoms with E-state index in [1.165, 1.54) is 4.90 Å². The third kappa shape index (κ3) is 4.33. The first-order valence-corrected chi connectivity index (χ1v) is 6.43. The molecule has 0 aliphatic heterocycles. The van der Waals surface area contributed by atoms with E-state index in [-0.39, 0.29) is 6.54 Å². The zero-order valence-electron chi connectivity index (χ0n) is 10.6. The van der Waals surface area contributed by atoms with Gasteiger partial charge in [-0.05, 0) is 0 Å². The molecule has 0 fully saturated rings. The van der Waals surface area contributed by atoms with Gasteiger partial charge in [0.1, 0.15) is 6.54 Å². The van der Waals surface area contributed by atoms with Crippen molar-refractivity contribution >= 4 is 23.3 Å². The lowest BCUT2D eigenvalue weighted by molar-refractivity contribution is -0.135. The highest BCUT2D eigenvalue weighted by molar-refractivity contribution is 7.09. The van der Waals surface area contributed by atoms with Gasteiger partial charge in [0.25, 0.3) is 0 Å². The lowest BCUT2D eigenvalue weighted by atomic mass is 10.2. The Bertz CT molecular complexity index is 431. The number of carbonyl (C=O) groups excluding carboxylic acids is 1. The van der Waals surface area contributed by atoms with Crippen molar-refractivity contribution < 1.29 is 14.7 Å². The van der Waals surface area contributed by atoms with Crippen LogP contribution in [0.15, 0.2) is 5.38 Å². The summed E-state index contributed by atoms with van der Waals surface area (Å²) in [5.41, 5.74) is 0.816. The van der Waals surface area contributed by atoms with Crippen LogP contribution in [0.2, 0.25) is 0 Å². The van der Waals surface area contributed by atoms with E-state index < -0.39 is 12.0 Å². The molecule has 0 saturated heterocycles. The van der Waals surface area contributed by atoms with Crippen molar-refractivity contribution in [3.8, 4) is 0 Å². The Labute approximate surface area is 110 Å². The van der Waals surface area contributed by atoms with E-state index in [1.807, 2.05) is 5.38 Å². The van der Waals surface area contributed by atoms with Crippen LogP contribution in [0.25, 0.3) is 0 Å². The molecule has 2 amide bonds. The number of carboxylic acids is 1. The second kappa shape index (κ2) is 6.34. The van der Waals surface area contributed by atoms with Gasteiger partial charge in [-0.1, -0.05) is 13.8 Å². The van der Waals surface area contributed by atoms with Crippen molar-refractivity contribution in [2.45, 2.75) is 26.3 Å². The second-order valence-electron chi connectivity index (χ2n) is 4.24. The normalized spacial score (nSPS) is 10.4. The summed E-state index contributed by atoms with van der Waals surface area (Å²) in [6.45, 7) is 4.12. The maximum absolute atomic E-state index is 11.5. The minimum atomic E-state index is -1.06. The van der Waals surface area contributed by atoms with Crippen molar-refractivity contribution in [3.63, 3.8) is 0 Å². The van der Waals surface area contributed by atoms with Crippen LogP contribution in [0, 0.1) is 0 Å². The molecule has 2 N–H and O–H groups in total. The summed E-state index contributed by atoms with van der Waals surface area (Å²) in [4.78, 5) is 27.7. The fourth-order valence-electron chi connectivity index (χ4n) is 1.26. The van der Waals surface area contributed by atoms with E-state index in [1.54, 1.807) is 18.4 Å². The van der Waals surface area contributed by atoms with Gasteiger partial charge in [0, 0.05) is 18.3 Å². The Morgan fingerprint density at radius 1 is 1.56 bits per heavy atom. The number of nitrogens with one attached hydrogen (secondary N) is 1. The predicted molar refractivity (Wildman–Crippen MR) is 68.7 cm³/mol. The fraction of sp³-hybridized carbons (Fsp3) is 0.545. The molecule has 7 heteroatoms. The molecule has 6 nitrogen and oxygen atoms in total. The van der Waals surface area contributed by atoms with Crippen molar-refractivity contribution in [1.82, 2.24) is 15.2 Å². The Balaban J connectivity index is 2.50. The van der Waals surface area contributed by atoms with Crippen LogP contribution in [-0.2, 0) is 11.3 Å². The summed E-state index contributed by atoms with van der Waals surface area (Å²) >= 11 is 1.57. The van der Waals surface area contributed by atoms with Crippen LogP contribution in [0.5, 0.6) is 0 Å². The molecule has 0 radical (unpaired) electrons. The quantitative estimate of drug-likeness (QED) is 0.850. The molecule has 1 aromatic rings. The van der Waals surface area contributed by atoms with Crippen molar-refractivity contribution in [1.29, 1.82) is 0 Å². The number of aliphatic carboxylic acids is 1. The van der Waals surface area contributed by atoms with Gasteiger partial charge in [-0.3, -0.25) is 4.79 Å². The molecule has 0 spiro atoms. The standard InChI is InChI=1S/C11H17N3O3S/c1-7(2)10-13-8(6-18-10)5-14(3)11(17)12-4-9(15)16/h6-7H,4-5H2,1-3H3,(H,12,17)(H,15,16). The van der Waals surface area contributed by atoms with Gasteiger partial charge in [0.15, 0.2) is 0 Å². The summed E-state index contributed by atoms with van der Waals surface area (Å²) in [5, 5.41) is 13.7. The number of amides is 2. The van der Waals surface area contributed by atoms with Crippen molar-refractivity contribution in [2.75, 3.05) is 13.6 Å². The number of rotatable bonds is 5. The maximum atomic E-state index is 11.5. The van der Waals surface area contributed by atoms with Gasteiger partial charge < -0.3 is 15.3 Å². The third-order valence-electron chi connectivity index (χ3n) is 2.20. The Kier molecular flexibility index (Phi) is 5.08. The minimum absolute atomic E-state index is 0.370. The van der Waals surface area contributed by atoms with E-state index in [9.17, 15) is 9.59 Å².